The number of nitrogens with one attached hydrogen (secondary N) is 1. The molecule has 204 valence electrons. The van der Waals surface area contributed by atoms with Gasteiger partial charge in [-0.1, -0.05) is 51.1 Å². The molecule has 3 aromatic heterocycles. The van der Waals surface area contributed by atoms with Crippen molar-refractivity contribution >= 4 is 49.7 Å². The van der Waals surface area contributed by atoms with E-state index < -0.39 is 23.7 Å². The second-order valence-corrected chi connectivity index (χ2v) is 12.5. The van der Waals surface area contributed by atoms with Crippen molar-refractivity contribution in [3.05, 3.63) is 68.3 Å². The van der Waals surface area contributed by atoms with Crippen LogP contribution < -0.4 is 11.1 Å². The van der Waals surface area contributed by atoms with E-state index >= 15 is 0 Å². The number of thiophene rings is 1. The molecule has 39 heavy (non-hydrogen) atoms. The van der Waals surface area contributed by atoms with Crippen LogP contribution in [0.3, 0.4) is 0 Å². The van der Waals surface area contributed by atoms with Crippen LogP contribution >= 0.6 is 27.3 Å². The van der Waals surface area contributed by atoms with Gasteiger partial charge in [0.05, 0.1) is 15.7 Å². The molecular formula is C27H25BrF3N5O2S. The summed E-state index contributed by atoms with van der Waals surface area (Å²) in [5, 5.41) is 6.93. The van der Waals surface area contributed by atoms with E-state index in [0.29, 0.717) is 22.4 Å². The first-order valence-corrected chi connectivity index (χ1v) is 13.8. The number of nitrogens with zero attached hydrogens (tertiary/aromatic N) is 3. The van der Waals surface area contributed by atoms with Crippen molar-refractivity contribution in [3.8, 4) is 11.3 Å². The van der Waals surface area contributed by atoms with Gasteiger partial charge >= 0.3 is 6.18 Å². The van der Waals surface area contributed by atoms with Gasteiger partial charge in [-0.05, 0) is 58.2 Å². The van der Waals surface area contributed by atoms with Gasteiger partial charge in [0.1, 0.15) is 5.00 Å². The smallest absolute Gasteiger partial charge is 0.365 e. The number of anilines is 1. The van der Waals surface area contributed by atoms with E-state index in [2.05, 4.69) is 52.1 Å². The zero-order chi connectivity index (χ0) is 28.3. The Morgan fingerprint density at radius 2 is 1.87 bits per heavy atom. The van der Waals surface area contributed by atoms with Crippen LogP contribution in [0.15, 0.2) is 40.9 Å². The molecule has 1 aliphatic rings. The summed E-state index contributed by atoms with van der Waals surface area (Å²) >= 11 is 4.52. The predicted molar refractivity (Wildman–Crippen MR) is 147 cm³/mol. The van der Waals surface area contributed by atoms with Gasteiger partial charge in [-0.15, -0.1) is 11.3 Å². The number of fused-ring (bicyclic) bond motifs is 2. The number of aromatic nitrogens is 3. The fourth-order valence-corrected chi connectivity index (χ4v) is 6.78. The Balaban J connectivity index is 1.56. The molecule has 0 saturated carbocycles. The summed E-state index contributed by atoms with van der Waals surface area (Å²) in [5.74, 6) is -1.05. The van der Waals surface area contributed by atoms with Crippen LogP contribution in [0.1, 0.15) is 64.2 Å². The van der Waals surface area contributed by atoms with Gasteiger partial charge in [-0.3, -0.25) is 9.59 Å². The zero-order valence-electron chi connectivity index (χ0n) is 21.3. The van der Waals surface area contributed by atoms with Gasteiger partial charge in [0.25, 0.3) is 11.8 Å². The van der Waals surface area contributed by atoms with Gasteiger partial charge in [0.15, 0.2) is 17.0 Å². The maximum absolute atomic E-state index is 14.0. The van der Waals surface area contributed by atoms with Crippen molar-refractivity contribution in [2.45, 2.75) is 46.2 Å². The summed E-state index contributed by atoms with van der Waals surface area (Å²) in [5.41, 5.74) is 5.86. The summed E-state index contributed by atoms with van der Waals surface area (Å²) in [7, 11) is 0. The van der Waals surface area contributed by atoms with Crippen molar-refractivity contribution in [2.24, 2.45) is 17.1 Å². The van der Waals surface area contributed by atoms with Gasteiger partial charge in [0.2, 0.25) is 0 Å². The fourth-order valence-electron chi connectivity index (χ4n) is 4.93. The molecule has 12 heteroatoms. The zero-order valence-corrected chi connectivity index (χ0v) is 23.7. The van der Waals surface area contributed by atoms with Crippen LogP contribution in [0.4, 0.5) is 18.2 Å². The van der Waals surface area contributed by atoms with Gasteiger partial charge in [-0.2, -0.15) is 18.3 Å². The van der Waals surface area contributed by atoms with Gasteiger partial charge < -0.3 is 11.1 Å². The number of rotatable bonds is 4. The number of carbonyl (C=O) groups is 2. The van der Waals surface area contributed by atoms with Crippen molar-refractivity contribution in [1.29, 1.82) is 0 Å². The Morgan fingerprint density at radius 3 is 2.49 bits per heavy atom. The third kappa shape index (κ3) is 5.07. The van der Waals surface area contributed by atoms with E-state index in [1.807, 2.05) is 0 Å². The average molecular weight is 620 g/mol. The highest BCUT2D eigenvalue weighted by Gasteiger charge is 2.37. The quantitative estimate of drug-likeness (QED) is 0.264. The first-order chi connectivity index (χ1) is 18.3. The topological polar surface area (TPSA) is 102 Å². The first kappa shape index (κ1) is 27.3. The Labute approximate surface area is 234 Å². The minimum absolute atomic E-state index is 0.00183. The molecule has 5 rings (SSSR count). The first-order valence-electron chi connectivity index (χ1n) is 12.2. The van der Waals surface area contributed by atoms with Crippen LogP contribution in [0.25, 0.3) is 16.9 Å². The van der Waals surface area contributed by atoms with Crippen molar-refractivity contribution < 1.29 is 22.8 Å². The maximum Gasteiger partial charge on any atom is 0.433 e. The lowest BCUT2D eigenvalue weighted by molar-refractivity contribution is -0.142. The van der Waals surface area contributed by atoms with E-state index in [9.17, 15) is 22.8 Å². The molecule has 1 atom stereocenters. The molecule has 7 nitrogen and oxygen atoms in total. The molecule has 2 amide bonds. The predicted octanol–water partition coefficient (Wildman–Crippen LogP) is 6.74. The van der Waals surface area contributed by atoms with E-state index in [4.69, 9.17) is 5.73 Å². The van der Waals surface area contributed by atoms with E-state index in [1.165, 1.54) is 11.3 Å². The number of alkyl halides is 3. The number of primary amides is 1. The number of halogens is 4. The van der Waals surface area contributed by atoms with Gasteiger partial charge in [0, 0.05) is 10.4 Å². The van der Waals surface area contributed by atoms with Crippen LogP contribution in [-0.4, -0.2) is 26.4 Å². The maximum atomic E-state index is 14.0. The van der Waals surface area contributed by atoms with E-state index in [1.54, 1.807) is 30.3 Å². The molecule has 4 aromatic rings. The second kappa shape index (κ2) is 9.74. The molecule has 0 saturated heterocycles. The minimum Gasteiger partial charge on any atom is -0.365 e. The molecule has 0 aliphatic heterocycles. The fraction of sp³-hybridized carbons (Fsp3) is 0.333. The third-order valence-electron chi connectivity index (χ3n) is 7.07. The second-order valence-electron chi connectivity index (χ2n) is 10.6. The summed E-state index contributed by atoms with van der Waals surface area (Å²) in [6.45, 7) is 6.50. The highest BCUT2D eigenvalue weighted by molar-refractivity contribution is 9.10. The number of benzene rings is 1. The van der Waals surface area contributed by atoms with Crippen LogP contribution in [-0.2, 0) is 19.0 Å². The molecule has 1 aromatic carbocycles. The molecule has 0 unspecified atom stereocenters. The molecule has 0 spiro atoms. The Kier molecular flexibility index (Phi) is 6.82. The number of hydrogen-bond donors (Lipinski definition) is 2. The van der Waals surface area contributed by atoms with Crippen molar-refractivity contribution in [1.82, 2.24) is 14.6 Å². The minimum atomic E-state index is -4.76. The lowest BCUT2D eigenvalue weighted by Crippen LogP contribution is -2.27. The standard InChI is InChI=1S/C27H25BrF3N5O2S/c1-26(2,3)14-9-10-15-17(11-14)39-25(19(15)22(32)37)34-24(38)21-20(28)23-33-16(13-7-5-4-6-8-13)12-18(27(29,30)31)36(23)35-21/h4-8,12,14H,9-11H2,1-3H3,(H2,32,37)(H,34,38)/t14-/m1/s1. The summed E-state index contributed by atoms with van der Waals surface area (Å²) in [4.78, 5) is 31.1. The number of amides is 2. The molecule has 3 heterocycles. The van der Waals surface area contributed by atoms with Crippen LogP contribution in [0, 0.1) is 11.3 Å². The van der Waals surface area contributed by atoms with E-state index in [-0.39, 0.29) is 37.5 Å². The Hall–Kier alpha value is -3.25. The summed E-state index contributed by atoms with van der Waals surface area (Å²) in [6.07, 6.45) is -2.48. The SMILES string of the molecule is CC(C)(C)[C@@H]1CCc2c(sc(NC(=O)c3nn4c(C(F)(F)F)cc(-c5ccccc5)nc4c3Br)c2C(N)=O)C1. The van der Waals surface area contributed by atoms with Crippen LogP contribution in [0.2, 0.25) is 0 Å². The number of nitrogens with two attached hydrogens (primary N) is 1. The molecule has 3 N–H and O–H groups in total. The molecule has 0 bridgehead atoms. The number of carbonyl (C=O) groups excluding carboxylic acids is 2. The van der Waals surface area contributed by atoms with E-state index in [0.717, 1.165) is 29.3 Å². The molecule has 0 fully saturated rings. The van der Waals surface area contributed by atoms with Crippen molar-refractivity contribution in [2.75, 3.05) is 5.32 Å². The largest absolute Gasteiger partial charge is 0.433 e. The monoisotopic (exact) mass is 619 g/mol. The lowest BCUT2D eigenvalue weighted by Gasteiger charge is -2.33. The summed E-state index contributed by atoms with van der Waals surface area (Å²) < 4.78 is 42.7. The lowest BCUT2D eigenvalue weighted by atomic mass is 9.72. The highest BCUT2D eigenvalue weighted by Crippen LogP contribution is 2.44. The molecule has 0 radical (unpaired) electrons. The molecule has 1 aliphatic carbocycles. The highest BCUT2D eigenvalue weighted by atomic mass is 79.9. The average Bonchev–Trinajstić information content (AvgIpc) is 3.39. The summed E-state index contributed by atoms with van der Waals surface area (Å²) in [6, 6.07) is 9.32. The molecular weight excluding hydrogens is 595 g/mol. The van der Waals surface area contributed by atoms with Crippen molar-refractivity contribution in [3.63, 3.8) is 0 Å². The number of hydrogen-bond acceptors (Lipinski definition) is 5. The van der Waals surface area contributed by atoms with Gasteiger partial charge in [-0.25, -0.2) is 9.50 Å². The Morgan fingerprint density at radius 1 is 1.18 bits per heavy atom. The third-order valence-corrected chi connectivity index (χ3v) is 8.97. The van der Waals surface area contributed by atoms with Crippen LogP contribution in [0.5, 0.6) is 0 Å². The Bertz CT molecular complexity index is 1610. The normalized spacial score (nSPS) is 15.8.